The Hall–Kier alpha value is -3.48. The van der Waals surface area contributed by atoms with Gasteiger partial charge in [0, 0.05) is 45.8 Å². The topological polar surface area (TPSA) is 125 Å². The van der Waals surface area contributed by atoms with Gasteiger partial charge in [-0.2, -0.15) is 0 Å². The second-order valence-electron chi connectivity index (χ2n) is 8.41. The van der Waals surface area contributed by atoms with E-state index in [0.717, 1.165) is 37.6 Å². The summed E-state index contributed by atoms with van der Waals surface area (Å²) < 4.78 is 5.08. The van der Waals surface area contributed by atoms with Crippen LogP contribution in [-0.2, 0) is 4.74 Å². The number of aryl methyl sites for hydroxylation is 2. The molecule has 2 aromatic heterocycles. The van der Waals surface area contributed by atoms with Gasteiger partial charge in [-0.05, 0) is 25.5 Å². The van der Waals surface area contributed by atoms with Gasteiger partial charge in [0.25, 0.3) is 5.91 Å². The number of halogens is 1. The molecule has 1 saturated heterocycles. The number of alkyl carbamates (subject to hydrolysis) is 1. The van der Waals surface area contributed by atoms with Crippen LogP contribution in [0.4, 0.5) is 27.2 Å². The van der Waals surface area contributed by atoms with Crippen molar-refractivity contribution in [3.05, 3.63) is 51.7 Å². The molecule has 0 atom stereocenters. The van der Waals surface area contributed by atoms with E-state index in [1.807, 2.05) is 32.0 Å². The van der Waals surface area contributed by atoms with Crippen molar-refractivity contribution in [2.24, 2.45) is 0 Å². The number of para-hydroxylation sites is 1. The Labute approximate surface area is 224 Å². The highest BCUT2D eigenvalue weighted by Gasteiger charge is 2.20. The number of rotatable bonds is 8. The SMILES string of the molecule is CNC(=O)OCCN1CCN(c2cc(Nc3ncc(C(=O)Nc4c(C)cccc4Cl)s3)nc(C)n2)CC1. The minimum absolute atomic E-state index is 0.278. The number of piperazine rings is 1. The Morgan fingerprint density at radius 2 is 1.95 bits per heavy atom. The van der Waals surface area contributed by atoms with Gasteiger partial charge in [0.05, 0.1) is 16.9 Å². The van der Waals surface area contributed by atoms with Crippen molar-refractivity contribution in [1.82, 2.24) is 25.2 Å². The van der Waals surface area contributed by atoms with E-state index in [-0.39, 0.29) is 5.91 Å². The highest BCUT2D eigenvalue weighted by Crippen LogP contribution is 2.28. The number of carbonyl (C=O) groups excluding carboxylic acids is 2. The van der Waals surface area contributed by atoms with E-state index >= 15 is 0 Å². The van der Waals surface area contributed by atoms with Crippen molar-refractivity contribution < 1.29 is 14.3 Å². The fourth-order valence-corrected chi connectivity index (χ4v) is 4.82. The molecular weight excluding hydrogens is 516 g/mol. The normalized spacial score (nSPS) is 13.8. The number of ether oxygens (including phenoxy) is 1. The summed E-state index contributed by atoms with van der Waals surface area (Å²) in [7, 11) is 1.54. The monoisotopic (exact) mass is 544 g/mol. The zero-order valence-corrected chi connectivity index (χ0v) is 22.4. The van der Waals surface area contributed by atoms with E-state index in [9.17, 15) is 9.59 Å². The third-order valence-electron chi connectivity index (χ3n) is 5.79. The lowest BCUT2D eigenvalue weighted by molar-refractivity contribution is 0.103. The van der Waals surface area contributed by atoms with Gasteiger partial charge in [0.2, 0.25) is 0 Å². The number of thiazole rings is 1. The first kappa shape index (κ1) is 26.6. The number of hydrogen-bond acceptors (Lipinski definition) is 10. The molecule has 0 aliphatic carbocycles. The van der Waals surface area contributed by atoms with E-state index in [4.69, 9.17) is 16.3 Å². The van der Waals surface area contributed by atoms with Crippen LogP contribution < -0.4 is 20.9 Å². The van der Waals surface area contributed by atoms with Crippen LogP contribution in [0.2, 0.25) is 5.02 Å². The molecule has 2 amide bonds. The van der Waals surface area contributed by atoms with Crippen LogP contribution in [0.15, 0.2) is 30.5 Å². The van der Waals surface area contributed by atoms with Gasteiger partial charge in [0.15, 0.2) is 5.13 Å². The summed E-state index contributed by atoms with van der Waals surface area (Å²) in [5.74, 6) is 1.78. The number of hydrogen-bond donors (Lipinski definition) is 3. The summed E-state index contributed by atoms with van der Waals surface area (Å²) in [6.45, 7) is 8.01. The van der Waals surface area contributed by atoms with Crippen LogP contribution in [0.25, 0.3) is 0 Å². The molecule has 3 aromatic rings. The van der Waals surface area contributed by atoms with E-state index in [0.29, 0.717) is 45.5 Å². The van der Waals surface area contributed by atoms with E-state index in [1.165, 1.54) is 17.5 Å². The maximum Gasteiger partial charge on any atom is 0.406 e. The first-order valence-corrected chi connectivity index (χ1v) is 13.0. The number of aromatic nitrogens is 3. The number of benzene rings is 1. The van der Waals surface area contributed by atoms with E-state index < -0.39 is 6.09 Å². The summed E-state index contributed by atoms with van der Waals surface area (Å²) in [5, 5.41) is 9.54. The second kappa shape index (κ2) is 12.2. The Balaban J connectivity index is 1.35. The second-order valence-corrected chi connectivity index (χ2v) is 9.85. The van der Waals surface area contributed by atoms with Crippen molar-refractivity contribution in [3.8, 4) is 0 Å². The smallest absolute Gasteiger partial charge is 0.406 e. The van der Waals surface area contributed by atoms with Gasteiger partial charge in [-0.3, -0.25) is 9.69 Å². The van der Waals surface area contributed by atoms with Crippen LogP contribution in [0.3, 0.4) is 0 Å². The van der Waals surface area contributed by atoms with E-state index in [2.05, 4.69) is 40.7 Å². The molecular formula is C24H29ClN8O3S. The van der Waals surface area contributed by atoms with Crippen molar-refractivity contribution in [2.75, 3.05) is 61.9 Å². The molecule has 0 saturated carbocycles. The molecule has 196 valence electrons. The minimum atomic E-state index is -0.418. The zero-order chi connectivity index (χ0) is 26.4. The predicted molar refractivity (Wildman–Crippen MR) is 145 cm³/mol. The molecule has 13 heteroatoms. The summed E-state index contributed by atoms with van der Waals surface area (Å²) in [6.07, 6.45) is 1.11. The van der Waals surface area contributed by atoms with Gasteiger partial charge in [-0.15, -0.1) is 0 Å². The molecule has 3 heterocycles. The molecule has 1 aliphatic rings. The maximum absolute atomic E-state index is 12.7. The fourth-order valence-electron chi connectivity index (χ4n) is 3.83. The molecule has 0 unspecified atom stereocenters. The van der Waals surface area contributed by atoms with Gasteiger partial charge in [0.1, 0.15) is 28.9 Å². The summed E-state index contributed by atoms with van der Waals surface area (Å²) in [5.41, 5.74) is 1.47. The van der Waals surface area contributed by atoms with Crippen molar-refractivity contribution in [2.45, 2.75) is 13.8 Å². The molecule has 1 fully saturated rings. The van der Waals surface area contributed by atoms with Crippen molar-refractivity contribution >= 4 is 57.4 Å². The Morgan fingerprint density at radius 1 is 1.16 bits per heavy atom. The lowest BCUT2D eigenvalue weighted by atomic mass is 10.2. The third-order valence-corrected chi connectivity index (χ3v) is 7.02. The van der Waals surface area contributed by atoms with Gasteiger partial charge >= 0.3 is 6.09 Å². The number of nitrogens with zero attached hydrogens (tertiary/aromatic N) is 5. The van der Waals surface area contributed by atoms with Gasteiger partial charge in [-0.25, -0.2) is 19.7 Å². The molecule has 3 N–H and O–H groups in total. The maximum atomic E-state index is 12.7. The molecule has 37 heavy (non-hydrogen) atoms. The lowest BCUT2D eigenvalue weighted by Crippen LogP contribution is -2.47. The average Bonchev–Trinajstić information content (AvgIpc) is 3.34. The molecule has 1 aromatic carbocycles. The van der Waals surface area contributed by atoms with Crippen LogP contribution in [-0.4, -0.2) is 78.2 Å². The highest BCUT2D eigenvalue weighted by atomic mass is 35.5. The van der Waals surface area contributed by atoms with Crippen molar-refractivity contribution in [1.29, 1.82) is 0 Å². The fraction of sp³-hybridized carbons (Fsp3) is 0.375. The molecule has 11 nitrogen and oxygen atoms in total. The number of anilines is 4. The summed E-state index contributed by atoms with van der Waals surface area (Å²) in [6, 6.07) is 7.34. The third kappa shape index (κ3) is 7.06. The highest BCUT2D eigenvalue weighted by molar-refractivity contribution is 7.17. The average molecular weight is 545 g/mol. The minimum Gasteiger partial charge on any atom is -0.448 e. The Kier molecular flexibility index (Phi) is 8.74. The quantitative estimate of drug-likeness (QED) is 0.389. The largest absolute Gasteiger partial charge is 0.448 e. The van der Waals surface area contributed by atoms with Crippen LogP contribution in [0.1, 0.15) is 21.1 Å². The summed E-state index contributed by atoms with van der Waals surface area (Å²) in [4.78, 5) is 42.3. The van der Waals surface area contributed by atoms with Crippen LogP contribution >= 0.6 is 22.9 Å². The molecule has 1 aliphatic heterocycles. The van der Waals surface area contributed by atoms with Crippen molar-refractivity contribution in [3.63, 3.8) is 0 Å². The molecule has 0 bridgehead atoms. The molecule has 4 rings (SSSR count). The van der Waals surface area contributed by atoms with Gasteiger partial charge < -0.3 is 25.6 Å². The zero-order valence-electron chi connectivity index (χ0n) is 20.9. The van der Waals surface area contributed by atoms with Crippen LogP contribution in [0.5, 0.6) is 0 Å². The predicted octanol–water partition coefficient (Wildman–Crippen LogP) is 3.68. The Morgan fingerprint density at radius 3 is 2.68 bits per heavy atom. The number of carbonyl (C=O) groups is 2. The first-order chi connectivity index (χ1) is 17.8. The van der Waals surface area contributed by atoms with Gasteiger partial charge in [-0.1, -0.05) is 35.1 Å². The molecule has 0 spiro atoms. The molecule has 0 radical (unpaired) electrons. The first-order valence-electron chi connectivity index (χ1n) is 11.8. The lowest BCUT2D eigenvalue weighted by Gasteiger charge is -2.35. The number of nitrogens with one attached hydrogen (secondary N) is 3. The number of amides is 2. The standard InChI is InChI=1S/C24H29ClN8O3S/c1-15-5-4-6-17(25)21(15)31-22(34)18-14-27-23(37-18)30-19-13-20(29-16(2)28-19)33-9-7-32(8-10-33)11-12-36-24(35)26-3/h4-6,13-14H,7-12H2,1-3H3,(H,26,35)(H,31,34)(H,27,28,29,30). The summed E-state index contributed by atoms with van der Waals surface area (Å²) >= 11 is 7.46. The van der Waals surface area contributed by atoms with Crippen LogP contribution in [0, 0.1) is 13.8 Å². The Bertz CT molecular complexity index is 1240. The van der Waals surface area contributed by atoms with E-state index in [1.54, 1.807) is 13.1 Å².